The molecule has 15 heavy (non-hydrogen) atoms. The lowest BCUT2D eigenvalue weighted by atomic mass is 10.0. The van der Waals surface area contributed by atoms with E-state index >= 15 is 0 Å². The molecule has 1 aliphatic rings. The first-order valence-corrected chi connectivity index (χ1v) is 5.12. The van der Waals surface area contributed by atoms with E-state index in [1.807, 2.05) is 6.07 Å². The Balaban J connectivity index is 2.19. The lowest BCUT2D eigenvalue weighted by Gasteiger charge is -2.10. The number of carboxylic acids is 1. The minimum Gasteiger partial charge on any atom is -0.481 e. The highest BCUT2D eigenvalue weighted by Crippen LogP contribution is 2.23. The van der Waals surface area contributed by atoms with Gasteiger partial charge in [-0.3, -0.25) is 9.78 Å². The van der Waals surface area contributed by atoms with Crippen LogP contribution in [0.3, 0.4) is 0 Å². The number of fused-ring (bicyclic) bond motifs is 1. The number of pyridine rings is 1. The van der Waals surface area contributed by atoms with E-state index in [0.29, 0.717) is 0 Å². The van der Waals surface area contributed by atoms with Crippen LogP contribution in [-0.4, -0.2) is 16.1 Å². The van der Waals surface area contributed by atoms with Gasteiger partial charge in [0.15, 0.2) is 0 Å². The number of nitrogens with two attached hydrogens (primary N) is 1. The summed E-state index contributed by atoms with van der Waals surface area (Å²) in [5, 5.41) is 8.64. The highest BCUT2D eigenvalue weighted by molar-refractivity contribution is 5.67. The fourth-order valence-corrected chi connectivity index (χ4v) is 1.95. The van der Waals surface area contributed by atoms with Crippen LogP contribution < -0.4 is 5.73 Å². The quantitative estimate of drug-likeness (QED) is 0.774. The van der Waals surface area contributed by atoms with Crippen LogP contribution in [0, 0.1) is 0 Å². The van der Waals surface area contributed by atoms with E-state index in [1.54, 1.807) is 6.20 Å². The molecule has 4 heteroatoms. The molecule has 1 heterocycles. The molecule has 1 aliphatic carbocycles. The third-order valence-electron chi connectivity index (χ3n) is 2.76. The number of nitrogens with zero attached hydrogens (tertiary/aromatic N) is 1. The zero-order chi connectivity index (χ0) is 10.8. The Hall–Kier alpha value is -1.42. The van der Waals surface area contributed by atoms with Gasteiger partial charge >= 0.3 is 5.97 Å². The van der Waals surface area contributed by atoms with Crippen molar-refractivity contribution in [3.05, 3.63) is 29.1 Å². The van der Waals surface area contributed by atoms with Gasteiger partial charge < -0.3 is 10.8 Å². The molecule has 0 amide bonds. The monoisotopic (exact) mass is 206 g/mol. The summed E-state index contributed by atoms with van der Waals surface area (Å²) in [5.74, 6) is -0.872. The average molecular weight is 206 g/mol. The van der Waals surface area contributed by atoms with E-state index in [1.165, 1.54) is 5.56 Å². The van der Waals surface area contributed by atoms with Crippen molar-refractivity contribution in [1.82, 2.24) is 4.98 Å². The first-order chi connectivity index (χ1) is 7.16. The van der Waals surface area contributed by atoms with Crippen LogP contribution in [0.5, 0.6) is 0 Å². The molecule has 0 bridgehead atoms. The van der Waals surface area contributed by atoms with Gasteiger partial charge in [0.05, 0.1) is 6.42 Å². The first kappa shape index (κ1) is 10.1. The highest BCUT2D eigenvalue weighted by atomic mass is 16.4. The second kappa shape index (κ2) is 3.98. The van der Waals surface area contributed by atoms with Crippen molar-refractivity contribution in [2.45, 2.75) is 31.7 Å². The van der Waals surface area contributed by atoms with Gasteiger partial charge in [0.2, 0.25) is 0 Å². The van der Waals surface area contributed by atoms with Crippen LogP contribution in [0.2, 0.25) is 0 Å². The molecule has 80 valence electrons. The van der Waals surface area contributed by atoms with E-state index in [2.05, 4.69) is 4.98 Å². The topological polar surface area (TPSA) is 76.2 Å². The summed E-state index contributed by atoms with van der Waals surface area (Å²) >= 11 is 0. The molecular weight excluding hydrogens is 192 g/mol. The van der Waals surface area contributed by atoms with Crippen LogP contribution in [0.4, 0.5) is 0 Å². The Labute approximate surface area is 88.1 Å². The Morgan fingerprint density at radius 1 is 1.60 bits per heavy atom. The van der Waals surface area contributed by atoms with Crippen molar-refractivity contribution in [2.24, 2.45) is 5.73 Å². The maximum Gasteiger partial charge on any atom is 0.305 e. The van der Waals surface area contributed by atoms with Crippen LogP contribution >= 0.6 is 0 Å². The number of hydrogen-bond donors (Lipinski definition) is 2. The minimum atomic E-state index is -0.872. The number of rotatable bonds is 3. The Morgan fingerprint density at radius 2 is 2.40 bits per heavy atom. The molecule has 0 radical (unpaired) electrons. The molecule has 0 aliphatic heterocycles. The molecule has 4 nitrogen and oxygen atoms in total. The van der Waals surface area contributed by atoms with Gasteiger partial charge in [-0.2, -0.15) is 0 Å². The second-order valence-electron chi connectivity index (χ2n) is 3.93. The van der Waals surface area contributed by atoms with Gasteiger partial charge in [-0.05, 0) is 30.4 Å². The van der Waals surface area contributed by atoms with Crippen LogP contribution in [0.15, 0.2) is 12.3 Å². The summed E-state index contributed by atoms with van der Waals surface area (Å²) in [6.45, 7) is 0. The summed E-state index contributed by atoms with van der Waals surface area (Å²) in [4.78, 5) is 14.8. The summed E-state index contributed by atoms with van der Waals surface area (Å²) in [7, 11) is 0. The minimum absolute atomic E-state index is 0.0412. The van der Waals surface area contributed by atoms with Crippen molar-refractivity contribution >= 4 is 5.97 Å². The SMILES string of the molecule is NC(CC(=O)O)c1cnc2c(c1)CCC2. The molecule has 1 aromatic rings. The number of aromatic nitrogens is 1. The van der Waals surface area contributed by atoms with Gasteiger partial charge in [0.25, 0.3) is 0 Å². The fraction of sp³-hybridized carbons (Fsp3) is 0.455. The molecule has 0 saturated carbocycles. The molecule has 0 aromatic carbocycles. The molecule has 3 N–H and O–H groups in total. The lowest BCUT2D eigenvalue weighted by molar-refractivity contribution is -0.137. The molecule has 0 spiro atoms. The molecular formula is C11H14N2O2. The van der Waals surface area contributed by atoms with Gasteiger partial charge in [-0.15, -0.1) is 0 Å². The van der Waals surface area contributed by atoms with Gasteiger partial charge in [0, 0.05) is 17.9 Å². The molecule has 0 saturated heterocycles. The van der Waals surface area contributed by atoms with E-state index in [9.17, 15) is 4.79 Å². The molecule has 2 rings (SSSR count). The molecule has 1 atom stereocenters. The third-order valence-corrected chi connectivity index (χ3v) is 2.76. The predicted molar refractivity (Wildman–Crippen MR) is 55.4 cm³/mol. The first-order valence-electron chi connectivity index (χ1n) is 5.12. The van der Waals surface area contributed by atoms with Crippen molar-refractivity contribution < 1.29 is 9.90 Å². The van der Waals surface area contributed by atoms with Crippen molar-refractivity contribution in [3.8, 4) is 0 Å². The molecule has 1 unspecified atom stereocenters. The van der Waals surface area contributed by atoms with Crippen molar-refractivity contribution in [2.75, 3.05) is 0 Å². The van der Waals surface area contributed by atoms with Crippen LogP contribution in [0.1, 0.15) is 35.7 Å². The smallest absolute Gasteiger partial charge is 0.305 e. The maximum atomic E-state index is 10.5. The zero-order valence-corrected chi connectivity index (χ0v) is 8.44. The standard InChI is InChI=1S/C11H14N2O2/c12-9(5-11(14)15)8-4-7-2-1-3-10(7)13-6-8/h4,6,9H,1-3,5,12H2,(H,14,15). The Morgan fingerprint density at radius 3 is 3.13 bits per heavy atom. The number of hydrogen-bond acceptors (Lipinski definition) is 3. The summed E-state index contributed by atoms with van der Waals surface area (Å²) in [6, 6.07) is 1.56. The Kier molecular flexibility index (Phi) is 2.68. The highest BCUT2D eigenvalue weighted by Gasteiger charge is 2.16. The molecule has 0 fully saturated rings. The van der Waals surface area contributed by atoms with E-state index < -0.39 is 12.0 Å². The van der Waals surface area contributed by atoms with E-state index in [4.69, 9.17) is 10.8 Å². The second-order valence-corrected chi connectivity index (χ2v) is 3.93. The maximum absolute atomic E-state index is 10.5. The summed E-state index contributed by atoms with van der Waals surface area (Å²) in [5.41, 5.74) is 8.97. The number of carboxylic acid groups (broad SMARTS) is 1. The fourth-order valence-electron chi connectivity index (χ4n) is 1.95. The number of aliphatic carboxylic acids is 1. The van der Waals surface area contributed by atoms with Crippen LogP contribution in [-0.2, 0) is 17.6 Å². The van der Waals surface area contributed by atoms with Crippen molar-refractivity contribution in [1.29, 1.82) is 0 Å². The zero-order valence-electron chi connectivity index (χ0n) is 8.44. The number of carbonyl (C=O) groups is 1. The largest absolute Gasteiger partial charge is 0.481 e. The van der Waals surface area contributed by atoms with Crippen LogP contribution in [0.25, 0.3) is 0 Å². The van der Waals surface area contributed by atoms with E-state index in [-0.39, 0.29) is 6.42 Å². The Bertz CT molecular complexity index is 390. The van der Waals surface area contributed by atoms with Crippen molar-refractivity contribution in [3.63, 3.8) is 0 Å². The van der Waals surface area contributed by atoms with E-state index in [0.717, 1.165) is 30.5 Å². The van der Waals surface area contributed by atoms with Gasteiger partial charge in [-0.25, -0.2) is 0 Å². The lowest BCUT2D eigenvalue weighted by Crippen LogP contribution is -2.15. The average Bonchev–Trinajstić information content (AvgIpc) is 2.62. The van der Waals surface area contributed by atoms with Gasteiger partial charge in [-0.1, -0.05) is 6.07 Å². The molecule has 1 aromatic heterocycles. The van der Waals surface area contributed by atoms with Gasteiger partial charge in [0.1, 0.15) is 0 Å². The third kappa shape index (κ3) is 2.15. The summed E-state index contributed by atoms with van der Waals surface area (Å²) < 4.78 is 0. The predicted octanol–water partition coefficient (Wildman–Crippen LogP) is 1.04. The summed E-state index contributed by atoms with van der Waals surface area (Å²) in [6.07, 6.45) is 4.87. The number of aryl methyl sites for hydroxylation is 2. The normalized spacial score (nSPS) is 16.1.